The number of aromatic nitrogens is 5. The third kappa shape index (κ3) is 10.7. The second kappa shape index (κ2) is 20.5. The first-order valence-electron chi connectivity index (χ1n) is 24.1. The van der Waals surface area contributed by atoms with Crippen LogP contribution in [0.1, 0.15) is 122 Å². The Morgan fingerprint density at radius 2 is 1.69 bits per heavy atom. The lowest BCUT2D eigenvalue weighted by Crippen LogP contribution is -2.49. The van der Waals surface area contributed by atoms with Crippen LogP contribution in [0.4, 0.5) is 13.2 Å². The summed E-state index contributed by atoms with van der Waals surface area (Å²) >= 11 is 1.54. The van der Waals surface area contributed by atoms with Gasteiger partial charge < -0.3 is 29.6 Å². The van der Waals surface area contributed by atoms with Crippen LogP contribution in [-0.4, -0.2) is 113 Å². The highest BCUT2D eigenvalue weighted by molar-refractivity contribution is 7.13. The van der Waals surface area contributed by atoms with E-state index in [-0.39, 0.29) is 48.9 Å². The molecular weight excluding hydrogens is 922 g/mol. The van der Waals surface area contributed by atoms with E-state index in [9.17, 15) is 32.7 Å². The van der Waals surface area contributed by atoms with Gasteiger partial charge in [0.05, 0.1) is 40.3 Å². The molecule has 2 aromatic carbocycles. The Balaban J connectivity index is 0.811. The Kier molecular flexibility index (Phi) is 14.3. The summed E-state index contributed by atoms with van der Waals surface area (Å²) in [7, 11) is 0. The Morgan fingerprint density at radius 3 is 2.33 bits per heavy atom. The van der Waals surface area contributed by atoms with Gasteiger partial charge in [0.25, 0.3) is 5.82 Å². The van der Waals surface area contributed by atoms with Crippen LogP contribution in [0.2, 0.25) is 0 Å². The molecular formula is C51H57F3N10O5S. The van der Waals surface area contributed by atoms with Gasteiger partial charge >= 0.3 is 6.18 Å². The highest BCUT2D eigenvalue weighted by Crippen LogP contribution is 2.35. The maximum atomic E-state index is 14.3. The number of amidine groups is 1. The number of hydrogen-bond donors (Lipinski definition) is 2. The summed E-state index contributed by atoms with van der Waals surface area (Å²) in [5.41, 5.74) is 7.18. The van der Waals surface area contributed by atoms with Gasteiger partial charge in [-0.25, -0.2) is 4.98 Å². The van der Waals surface area contributed by atoms with E-state index in [0.29, 0.717) is 75.1 Å². The number of nitrogens with one attached hydrogen (secondary N) is 1. The standard InChI is InChI=1S/C51H57F3N10O5S/c1-30(2)46(42-25-31(3)60-69-42)49(68)63-28-39(65)26-41(63)48(67)56-40(37-11-13-38(14-12-37)47-32(4)55-29-70-47)27-45(66)62-21-17-34(18-22-62)6-5-33-7-9-35(10-8-33)36-19-23-61(24-20-36)44-16-15-43-57-58-50(51(52,53)54)64(43)59-44/h7-14,25,29-30,34,36,39-41,46,65H,15-24,26-28H2,1-4H3,(H,56,67)/t39-,40+,41+,46-/m1/s1. The van der Waals surface area contributed by atoms with Gasteiger partial charge in [-0.05, 0) is 80.2 Å². The highest BCUT2D eigenvalue weighted by Gasteiger charge is 2.44. The van der Waals surface area contributed by atoms with Crippen molar-refractivity contribution in [3.8, 4) is 22.3 Å². The molecule has 5 aromatic rings. The number of amides is 3. The molecule has 3 aromatic heterocycles. The Hall–Kier alpha value is -6.39. The van der Waals surface area contributed by atoms with Gasteiger partial charge in [0.2, 0.25) is 17.7 Å². The summed E-state index contributed by atoms with van der Waals surface area (Å²) in [6, 6.07) is 16.1. The molecule has 19 heteroatoms. The third-order valence-corrected chi connectivity index (χ3v) is 15.0. The van der Waals surface area contributed by atoms with E-state index in [0.717, 1.165) is 44.8 Å². The van der Waals surface area contributed by atoms with Crippen LogP contribution < -0.4 is 5.32 Å². The number of carbonyl (C=O) groups is 3. The molecule has 7 heterocycles. The monoisotopic (exact) mass is 978 g/mol. The number of aliphatic hydroxyl groups excluding tert-OH is 1. The molecule has 70 heavy (non-hydrogen) atoms. The van der Waals surface area contributed by atoms with Crippen molar-refractivity contribution < 1.29 is 37.2 Å². The van der Waals surface area contributed by atoms with Crippen molar-refractivity contribution in [1.29, 1.82) is 0 Å². The third-order valence-electron chi connectivity index (χ3n) is 14.0. The van der Waals surface area contributed by atoms with Gasteiger partial charge in [0.1, 0.15) is 23.6 Å². The van der Waals surface area contributed by atoms with Gasteiger partial charge in [-0.1, -0.05) is 67.2 Å². The fourth-order valence-corrected chi connectivity index (χ4v) is 11.0. The lowest BCUT2D eigenvalue weighted by molar-refractivity contribution is -0.147. The second-order valence-electron chi connectivity index (χ2n) is 19.2. The van der Waals surface area contributed by atoms with E-state index in [4.69, 9.17) is 4.52 Å². The maximum Gasteiger partial charge on any atom is 0.453 e. The molecule has 9 rings (SSSR count). The van der Waals surface area contributed by atoms with E-state index in [1.807, 2.05) is 62.1 Å². The van der Waals surface area contributed by atoms with Gasteiger partial charge in [0, 0.05) is 69.5 Å². The van der Waals surface area contributed by atoms with Crippen LogP contribution in [0, 0.1) is 37.5 Å². The summed E-state index contributed by atoms with van der Waals surface area (Å²) in [5.74, 6) is 5.63. The molecule has 3 amide bonds. The van der Waals surface area contributed by atoms with Gasteiger partial charge in [-0.15, -0.1) is 21.5 Å². The quantitative estimate of drug-likeness (QED) is 0.136. The minimum Gasteiger partial charge on any atom is -0.391 e. The lowest BCUT2D eigenvalue weighted by atomic mass is 9.88. The molecule has 2 N–H and O–H groups in total. The molecule has 0 bridgehead atoms. The van der Waals surface area contributed by atoms with E-state index < -0.39 is 42.0 Å². The van der Waals surface area contributed by atoms with Crippen molar-refractivity contribution in [1.82, 2.24) is 45.0 Å². The van der Waals surface area contributed by atoms with Gasteiger partial charge in [0.15, 0.2) is 5.82 Å². The summed E-state index contributed by atoms with van der Waals surface area (Å²) in [4.78, 5) is 53.3. The van der Waals surface area contributed by atoms with Gasteiger partial charge in [-0.3, -0.25) is 14.4 Å². The number of fused-ring (bicyclic) bond motifs is 1. The van der Waals surface area contributed by atoms with Crippen LogP contribution in [0.5, 0.6) is 0 Å². The first-order valence-corrected chi connectivity index (χ1v) is 24.9. The molecule has 0 radical (unpaired) electrons. The summed E-state index contributed by atoms with van der Waals surface area (Å²) in [6.07, 6.45) is -1.46. The van der Waals surface area contributed by atoms with Crippen LogP contribution in [-0.2, 0) is 27.0 Å². The van der Waals surface area contributed by atoms with Crippen LogP contribution in [0.3, 0.4) is 0 Å². The molecule has 0 spiro atoms. The number of hydrogen-bond acceptors (Lipinski definition) is 12. The van der Waals surface area contributed by atoms with Gasteiger partial charge in [-0.2, -0.15) is 22.9 Å². The number of nitrogens with zero attached hydrogens (tertiary/aromatic N) is 9. The Bertz CT molecular complexity index is 2780. The fourth-order valence-electron chi connectivity index (χ4n) is 10.1. The number of piperidine rings is 2. The molecule has 368 valence electrons. The largest absolute Gasteiger partial charge is 0.453 e. The molecule has 0 unspecified atom stereocenters. The van der Waals surface area contributed by atoms with Crippen LogP contribution >= 0.6 is 11.3 Å². The molecule has 3 fully saturated rings. The number of aliphatic hydroxyl groups is 1. The van der Waals surface area contributed by atoms with E-state index >= 15 is 0 Å². The molecule has 4 aliphatic heterocycles. The van der Waals surface area contributed by atoms with Crippen molar-refractivity contribution in [2.45, 2.75) is 115 Å². The number of alkyl halides is 3. The Labute approximate surface area is 408 Å². The van der Waals surface area contributed by atoms with Crippen molar-refractivity contribution in [2.24, 2.45) is 16.9 Å². The highest BCUT2D eigenvalue weighted by atomic mass is 32.1. The number of benzene rings is 2. The first kappa shape index (κ1) is 48.6. The van der Waals surface area contributed by atoms with Crippen LogP contribution in [0.15, 0.2) is 69.7 Å². The normalized spacial score (nSPS) is 19.9. The SMILES string of the molecule is Cc1cc([C@H](C(=O)N2C[C@H](O)C[C@H]2C(=O)N[C@@H](CC(=O)N2CCC(C#Cc3ccc(C4CCN(C5=Nn6c(nnc6C(F)(F)F)CC5)CC4)cc3)CC2)c2ccc(-c3scnc3C)cc2)C(C)C)on1. The second-order valence-corrected chi connectivity index (χ2v) is 20.1. The number of β-amino-alcohol motifs (C(OH)–C–C–N with tert-alkyl or cyclic N) is 1. The lowest BCUT2D eigenvalue weighted by Gasteiger charge is -2.35. The zero-order valence-electron chi connectivity index (χ0n) is 39.7. The topological polar surface area (TPSA) is 175 Å². The zero-order chi connectivity index (χ0) is 49.3. The number of halogens is 3. The zero-order valence-corrected chi connectivity index (χ0v) is 40.5. The van der Waals surface area contributed by atoms with Crippen molar-refractivity contribution >= 4 is 34.9 Å². The number of carbonyl (C=O) groups excluding carboxylic acids is 3. The fraction of sp³-hybridized carbons (Fsp3) is 0.490. The maximum absolute atomic E-state index is 14.3. The molecule has 15 nitrogen and oxygen atoms in total. The first-order chi connectivity index (χ1) is 33.6. The number of likely N-dealkylation sites (tertiary alicyclic amines) is 3. The number of aryl methyl sites for hydroxylation is 3. The van der Waals surface area contributed by atoms with E-state index in [2.05, 4.69) is 59.6 Å². The van der Waals surface area contributed by atoms with E-state index in [1.54, 1.807) is 29.8 Å². The smallest absolute Gasteiger partial charge is 0.391 e. The minimum absolute atomic E-state index is 0.00277. The summed E-state index contributed by atoms with van der Waals surface area (Å²) in [6.45, 7) is 9.96. The van der Waals surface area contributed by atoms with Crippen LogP contribution in [0.25, 0.3) is 10.4 Å². The average Bonchev–Trinajstić information content (AvgIpc) is 4.18. The predicted octanol–water partition coefficient (Wildman–Crippen LogP) is 7.25. The minimum atomic E-state index is -4.62. The van der Waals surface area contributed by atoms with Crippen molar-refractivity contribution in [3.63, 3.8) is 0 Å². The number of thiazole rings is 1. The number of rotatable bonds is 10. The van der Waals surface area contributed by atoms with E-state index in [1.165, 1.54) is 10.5 Å². The Morgan fingerprint density at radius 1 is 0.957 bits per heavy atom. The molecule has 0 saturated carbocycles. The summed E-state index contributed by atoms with van der Waals surface area (Å²) in [5, 5.41) is 29.2. The molecule has 4 aliphatic rings. The molecule has 4 atom stereocenters. The predicted molar refractivity (Wildman–Crippen MR) is 255 cm³/mol. The van der Waals surface area contributed by atoms with Crippen molar-refractivity contribution in [2.75, 3.05) is 32.7 Å². The average molecular weight is 979 g/mol. The van der Waals surface area contributed by atoms with Crippen molar-refractivity contribution in [3.05, 3.63) is 106 Å². The molecule has 3 saturated heterocycles. The summed E-state index contributed by atoms with van der Waals surface area (Å²) < 4.78 is 46.7. The molecule has 0 aliphatic carbocycles.